The molecule has 10 heteroatoms. The fourth-order valence-corrected chi connectivity index (χ4v) is 2.64. The summed E-state index contributed by atoms with van der Waals surface area (Å²) in [5.74, 6) is -2.25. The van der Waals surface area contributed by atoms with E-state index < -0.39 is 41.0 Å². The van der Waals surface area contributed by atoms with E-state index in [1.165, 1.54) is 30.0 Å². The number of nitro groups is 1. The van der Waals surface area contributed by atoms with Crippen LogP contribution in [0.5, 0.6) is 0 Å². The van der Waals surface area contributed by atoms with Crippen LogP contribution in [0.3, 0.4) is 0 Å². The molecule has 3 atom stereocenters. The molecule has 2 amide bonds. The van der Waals surface area contributed by atoms with Crippen LogP contribution in [-0.4, -0.2) is 64.1 Å². The van der Waals surface area contributed by atoms with Crippen molar-refractivity contribution in [1.82, 2.24) is 10.2 Å². The number of amides is 2. The van der Waals surface area contributed by atoms with Crippen LogP contribution in [0, 0.1) is 10.1 Å². The van der Waals surface area contributed by atoms with Gasteiger partial charge in [-0.1, -0.05) is 6.07 Å². The molecule has 1 aromatic carbocycles. The van der Waals surface area contributed by atoms with Gasteiger partial charge in [-0.3, -0.25) is 19.7 Å². The van der Waals surface area contributed by atoms with Gasteiger partial charge in [-0.05, 0) is 19.9 Å². The summed E-state index contributed by atoms with van der Waals surface area (Å²) in [4.78, 5) is 47.3. The molecule has 1 aliphatic heterocycles. The van der Waals surface area contributed by atoms with Gasteiger partial charge in [0.25, 0.3) is 11.6 Å². The van der Waals surface area contributed by atoms with Gasteiger partial charge in [0.2, 0.25) is 5.91 Å². The number of aliphatic carboxylic acids is 1. The summed E-state index contributed by atoms with van der Waals surface area (Å²) >= 11 is 0. The molecule has 10 nitrogen and oxygen atoms in total. The van der Waals surface area contributed by atoms with Crippen LogP contribution < -0.4 is 5.32 Å². The van der Waals surface area contributed by atoms with E-state index in [1.807, 2.05) is 0 Å². The third kappa shape index (κ3) is 4.54. The largest absolute Gasteiger partial charge is 0.479 e. The first-order valence-corrected chi connectivity index (χ1v) is 7.91. The lowest BCUT2D eigenvalue weighted by molar-refractivity contribution is -0.384. The van der Waals surface area contributed by atoms with Crippen molar-refractivity contribution in [3.63, 3.8) is 0 Å². The molecule has 1 heterocycles. The highest BCUT2D eigenvalue weighted by molar-refractivity contribution is 5.98. The molecule has 2 unspecified atom stereocenters. The quantitative estimate of drug-likeness (QED) is 0.569. The van der Waals surface area contributed by atoms with Gasteiger partial charge in [-0.25, -0.2) is 4.79 Å². The number of carbonyl (C=O) groups excluding carboxylic acids is 2. The van der Waals surface area contributed by atoms with E-state index in [2.05, 4.69) is 5.32 Å². The van der Waals surface area contributed by atoms with E-state index in [1.54, 1.807) is 6.92 Å². The van der Waals surface area contributed by atoms with Gasteiger partial charge in [0.15, 0.2) is 6.10 Å². The Hall–Kier alpha value is -3.01. The Kier molecular flexibility index (Phi) is 5.88. The molecule has 1 aromatic rings. The number of rotatable bonds is 5. The first kappa shape index (κ1) is 19.3. The molecule has 0 bridgehead atoms. The highest BCUT2D eigenvalue weighted by atomic mass is 16.6. The Bertz CT molecular complexity index is 736. The number of benzene rings is 1. The average molecular weight is 365 g/mol. The molecular weight excluding hydrogens is 346 g/mol. The van der Waals surface area contributed by atoms with E-state index in [4.69, 9.17) is 9.84 Å². The highest BCUT2D eigenvalue weighted by Crippen LogP contribution is 2.15. The fourth-order valence-electron chi connectivity index (χ4n) is 2.64. The number of ether oxygens (including phenoxy) is 1. The van der Waals surface area contributed by atoms with Crippen molar-refractivity contribution < 1.29 is 29.2 Å². The Labute approximate surface area is 148 Å². The Morgan fingerprint density at radius 1 is 1.38 bits per heavy atom. The van der Waals surface area contributed by atoms with E-state index in [-0.39, 0.29) is 24.3 Å². The van der Waals surface area contributed by atoms with Crippen molar-refractivity contribution in [3.05, 3.63) is 39.9 Å². The van der Waals surface area contributed by atoms with Crippen molar-refractivity contribution in [2.24, 2.45) is 0 Å². The lowest BCUT2D eigenvalue weighted by Gasteiger charge is -2.36. The molecule has 0 aromatic heterocycles. The number of morpholine rings is 1. The molecule has 140 valence electrons. The van der Waals surface area contributed by atoms with Crippen LogP contribution in [0.4, 0.5) is 5.69 Å². The molecule has 0 spiro atoms. The van der Waals surface area contributed by atoms with Gasteiger partial charge in [0.1, 0.15) is 6.04 Å². The van der Waals surface area contributed by atoms with Crippen LogP contribution in [0.15, 0.2) is 24.3 Å². The Morgan fingerprint density at radius 3 is 2.69 bits per heavy atom. The van der Waals surface area contributed by atoms with Gasteiger partial charge in [-0.2, -0.15) is 0 Å². The van der Waals surface area contributed by atoms with E-state index >= 15 is 0 Å². The summed E-state index contributed by atoms with van der Waals surface area (Å²) < 4.78 is 5.25. The molecule has 0 aliphatic carbocycles. The van der Waals surface area contributed by atoms with Crippen molar-refractivity contribution in [2.75, 3.05) is 13.1 Å². The summed E-state index contributed by atoms with van der Waals surface area (Å²) in [5, 5.41) is 22.3. The van der Waals surface area contributed by atoms with Crippen LogP contribution in [0.2, 0.25) is 0 Å². The first-order chi connectivity index (χ1) is 12.2. The maximum Gasteiger partial charge on any atom is 0.334 e. The molecule has 1 aliphatic rings. The third-order valence-corrected chi connectivity index (χ3v) is 3.88. The third-order valence-electron chi connectivity index (χ3n) is 3.88. The number of hydrogen-bond donors (Lipinski definition) is 2. The van der Waals surface area contributed by atoms with Gasteiger partial charge in [0.05, 0.1) is 17.6 Å². The van der Waals surface area contributed by atoms with E-state index in [0.717, 1.165) is 6.07 Å². The van der Waals surface area contributed by atoms with Crippen LogP contribution in [0.25, 0.3) is 0 Å². The number of nitro benzene ring substituents is 1. The molecule has 2 rings (SSSR count). The monoisotopic (exact) mass is 365 g/mol. The van der Waals surface area contributed by atoms with Crippen LogP contribution >= 0.6 is 0 Å². The standard InChI is InChI=1S/C16H19N3O7/c1-9-7-18(8-13(26-9)16(22)23)15(21)10(2)17-14(20)11-4-3-5-12(6-11)19(24)25/h3-6,9-10,13H,7-8H2,1-2H3,(H,17,20)(H,22,23)/t9-,10?,13?/m1/s1. The summed E-state index contributed by atoms with van der Waals surface area (Å²) in [6, 6.07) is 4.22. The zero-order valence-electron chi connectivity index (χ0n) is 14.2. The van der Waals surface area contributed by atoms with Crippen molar-refractivity contribution >= 4 is 23.5 Å². The normalized spacial score (nSPS) is 20.9. The molecule has 26 heavy (non-hydrogen) atoms. The van der Waals surface area contributed by atoms with E-state index in [9.17, 15) is 24.5 Å². The molecule has 2 N–H and O–H groups in total. The molecule has 1 fully saturated rings. The van der Waals surface area contributed by atoms with Crippen molar-refractivity contribution in [1.29, 1.82) is 0 Å². The topological polar surface area (TPSA) is 139 Å². The second-order valence-corrected chi connectivity index (χ2v) is 6.02. The molecule has 0 radical (unpaired) electrons. The first-order valence-electron chi connectivity index (χ1n) is 7.91. The minimum absolute atomic E-state index is 0.0533. The predicted octanol–water partition coefficient (Wildman–Crippen LogP) is 0.414. The van der Waals surface area contributed by atoms with Crippen LogP contribution in [-0.2, 0) is 14.3 Å². The summed E-state index contributed by atoms with van der Waals surface area (Å²) in [6.45, 7) is 3.21. The second-order valence-electron chi connectivity index (χ2n) is 6.02. The van der Waals surface area contributed by atoms with Crippen molar-refractivity contribution in [2.45, 2.75) is 32.1 Å². The van der Waals surface area contributed by atoms with Crippen LogP contribution in [0.1, 0.15) is 24.2 Å². The number of carboxylic acids is 1. The summed E-state index contributed by atoms with van der Waals surface area (Å²) in [7, 11) is 0. The lowest BCUT2D eigenvalue weighted by atomic mass is 10.1. The highest BCUT2D eigenvalue weighted by Gasteiger charge is 2.34. The summed E-state index contributed by atoms with van der Waals surface area (Å²) in [5.41, 5.74) is -0.180. The van der Waals surface area contributed by atoms with E-state index in [0.29, 0.717) is 0 Å². The lowest BCUT2D eigenvalue weighted by Crippen LogP contribution is -2.56. The zero-order valence-corrected chi connectivity index (χ0v) is 14.2. The number of nitrogens with one attached hydrogen (secondary N) is 1. The fraction of sp³-hybridized carbons (Fsp3) is 0.438. The zero-order chi connectivity index (χ0) is 19.4. The van der Waals surface area contributed by atoms with Gasteiger partial charge in [-0.15, -0.1) is 0 Å². The average Bonchev–Trinajstić information content (AvgIpc) is 2.60. The number of hydrogen-bond acceptors (Lipinski definition) is 6. The maximum absolute atomic E-state index is 12.5. The second kappa shape index (κ2) is 7.91. The number of carboxylic acid groups (broad SMARTS) is 1. The predicted molar refractivity (Wildman–Crippen MR) is 88.6 cm³/mol. The van der Waals surface area contributed by atoms with Crippen molar-refractivity contribution in [3.8, 4) is 0 Å². The SMILES string of the molecule is CC(NC(=O)c1cccc([N+](=O)[O-])c1)C(=O)N1CC(C(=O)O)O[C@H](C)C1. The summed E-state index contributed by atoms with van der Waals surface area (Å²) in [6.07, 6.45) is -1.57. The maximum atomic E-state index is 12.5. The minimum atomic E-state index is -1.16. The van der Waals surface area contributed by atoms with Gasteiger partial charge < -0.3 is 20.1 Å². The Morgan fingerprint density at radius 2 is 2.08 bits per heavy atom. The molecular formula is C16H19N3O7. The minimum Gasteiger partial charge on any atom is -0.479 e. The van der Waals surface area contributed by atoms with Gasteiger partial charge >= 0.3 is 5.97 Å². The number of non-ortho nitro benzene ring substituents is 1. The number of nitrogens with zero attached hydrogens (tertiary/aromatic N) is 2. The molecule has 1 saturated heterocycles. The molecule has 0 saturated carbocycles. The smallest absolute Gasteiger partial charge is 0.334 e. The van der Waals surface area contributed by atoms with Gasteiger partial charge in [0, 0.05) is 24.2 Å². The number of carbonyl (C=O) groups is 3. The Balaban J connectivity index is 2.04.